The number of hydrogen-bond donors (Lipinski definition) is 3. The van der Waals surface area contributed by atoms with E-state index in [4.69, 9.17) is 26.6 Å². The first-order chi connectivity index (χ1) is 14.3. The summed E-state index contributed by atoms with van der Waals surface area (Å²) in [6.45, 7) is 5.12. The van der Waals surface area contributed by atoms with Gasteiger partial charge in [0.1, 0.15) is 22.6 Å². The summed E-state index contributed by atoms with van der Waals surface area (Å²) in [6.07, 6.45) is -0.220. The predicted molar refractivity (Wildman–Crippen MR) is 120 cm³/mol. The summed E-state index contributed by atoms with van der Waals surface area (Å²) in [5, 5.41) is 19.6. The van der Waals surface area contributed by atoms with Gasteiger partial charge in [-0.25, -0.2) is 8.78 Å². The first-order valence-electron chi connectivity index (χ1n) is 9.05. The van der Waals surface area contributed by atoms with Crippen LogP contribution in [0.5, 0.6) is 0 Å². The molecule has 32 heavy (non-hydrogen) atoms. The molecule has 0 saturated carbocycles. The van der Waals surface area contributed by atoms with Crippen molar-refractivity contribution in [2.45, 2.75) is 51.0 Å². The van der Waals surface area contributed by atoms with Crippen LogP contribution in [0.4, 0.5) is 8.78 Å². The molecule has 2 rings (SSSR count). The van der Waals surface area contributed by atoms with Crippen molar-refractivity contribution in [2.24, 2.45) is 5.92 Å². The van der Waals surface area contributed by atoms with E-state index >= 15 is 0 Å². The van der Waals surface area contributed by atoms with Gasteiger partial charge in [0, 0.05) is 16.2 Å². The molecule has 0 spiro atoms. The highest BCUT2D eigenvalue weighted by Gasteiger charge is 2.26. The minimum Gasteiger partial charge on any atom is -0.481 e. The maximum Gasteiger partial charge on any atom is 0.321 e. The molecule has 0 saturated heterocycles. The Bertz CT molecular complexity index is 897. The number of thiophene rings is 2. The Balaban J connectivity index is 0.000000639. The molecule has 2 atom stereocenters. The summed E-state index contributed by atoms with van der Waals surface area (Å²) in [5.74, 6) is -4.62. The molecule has 2 aromatic heterocycles. The Morgan fingerprint density at radius 2 is 1.47 bits per heavy atom. The first-order valence-corrected chi connectivity index (χ1v) is 11.2. The second-order valence-corrected chi connectivity index (χ2v) is 9.95. The fraction of sp³-hybridized carbons (Fsp3) is 0.450. The largest absolute Gasteiger partial charge is 0.481 e. The van der Waals surface area contributed by atoms with Gasteiger partial charge < -0.3 is 21.1 Å². The number of carbonyl (C=O) groups excluding carboxylic acids is 1. The minimum absolute atomic E-state index is 0. The van der Waals surface area contributed by atoms with Crippen molar-refractivity contribution in [1.29, 1.82) is 0 Å². The lowest BCUT2D eigenvalue weighted by atomic mass is 10.0. The number of aliphatic carboxylic acids is 2. The zero-order valence-corrected chi connectivity index (χ0v) is 20.2. The fourth-order valence-electron chi connectivity index (χ4n) is 2.25. The summed E-state index contributed by atoms with van der Waals surface area (Å²) in [6, 6.07) is 2.58. The molecule has 180 valence electrons. The zero-order chi connectivity index (χ0) is 23.8. The van der Waals surface area contributed by atoms with E-state index in [1.54, 1.807) is 31.5 Å². The number of esters is 1. The van der Waals surface area contributed by atoms with Gasteiger partial charge in [-0.15, -0.1) is 34.3 Å². The highest BCUT2D eigenvalue weighted by Crippen LogP contribution is 2.22. The third-order valence-corrected chi connectivity index (χ3v) is 5.81. The Morgan fingerprint density at radius 1 is 1.00 bits per heavy atom. The monoisotopic (exact) mass is 513 g/mol. The van der Waals surface area contributed by atoms with E-state index in [1.165, 1.54) is 23.5 Å². The van der Waals surface area contributed by atoms with Crippen LogP contribution in [-0.2, 0) is 32.0 Å². The lowest BCUT2D eigenvalue weighted by Gasteiger charge is -2.20. The summed E-state index contributed by atoms with van der Waals surface area (Å²) in [7, 11) is 0. The molecule has 0 fully saturated rings. The normalized spacial score (nSPS) is 12.6. The van der Waals surface area contributed by atoms with E-state index in [0.717, 1.165) is 11.3 Å². The maximum atomic E-state index is 13.3. The Kier molecular flexibility index (Phi) is 12.6. The highest BCUT2D eigenvalue weighted by atomic mass is 35.5. The van der Waals surface area contributed by atoms with Crippen LogP contribution in [0.2, 0.25) is 0 Å². The van der Waals surface area contributed by atoms with Crippen molar-refractivity contribution in [3.63, 3.8) is 0 Å². The van der Waals surface area contributed by atoms with Gasteiger partial charge in [-0.1, -0.05) is 0 Å². The predicted octanol–water partition coefficient (Wildman–Crippen LogP) is 5.15. The number of carboxylic acid groups (broad SMARTS) is 2. The van der Waals surface area contributed by atoms with E-state index in [0.29, 0.717) is 9.75 Å². The van der Waals surface area contributed by atoms with Gasteiger partial charge in [0.15, 0.2) is 0 Å². The molecule has 0 aliphatic rings. The molecule has 0 radical (unpaired) electrons. The van der Waals surface area contributed by atoms with Crippen LogP contribution in [0, 0.1) is 17.6 Å². The molecule has 5 N–H and O–H groups in total. The molecule has 2 heterocycles. The number of halogens is 3. The quantitative estimate of drug-likeness (QED) is 0.328. The van der Waals surface area contributed by atoms with Gasteiger partial charge in [-0.3, -0.25) is 14.4 Å². The van der Waals surface area contributed by atoms with E-state index < -0.39 is 40.6 Å². The van der Waals surface area contributed by atoms with Crippen LogP contribution in [-0.4, -0.2) is 39.1 Å². The number of rotatable bonds is 8. The molecule has 0 bridgehead atoms. The Hall–Kier alpha value is -2.08. The van der Waals surface area contributed by atoms with Crippen molar-refractivity contribution < 1.29 is 38.1 Å². The van der Waals surface area contributed by atoms with Gasteiger partial charge in [-0.05, 0) is 50.1 Å². The number of carbonyl (C=O) groups is 3. The molecule has 0 aromatic carbocycles. The maximum absolute atomic E-state index is 13.3. The van der Waals surface area contributed by atoms with E-state index in [1.807, 2.05) is 0 Å². The van der Waals surface area contributed by atoms with Crippen molar-refractivity contribution >= 4 is 52.2 Å². The summed E-state index contributed by atoms with van der Waals surface area (Å²) in [4.78, 5) is 33.7. The molecular formula is C20H26ClF2NO6S2. The average molecular weight is 514 g/mol. The molecule has 12 heteroatoms. The molecule has 7 nitrogen and oxygen atoms in total. The molecule has 0 aliphatic heterocycles. The lowest BCUT2D eigenvalue weighted by molar-refractivity contribution is -0.159. The van der Waals surface area contributed by atoms with Crippen molar-refractivity contribution in [3.8, 4) is 0 Å². The first kappa shape index (κ1) is 29.9. The van der Waals surface area contributed by atoms with Crippen LogP contribution in [0.1, 0.15) is 36.9 Å². The standard InChI is InChI=1S/C13H17FO4S.C7H6ClFO2S.H3N/c1-13(2,3)18-11(15)7-8(12(16)17)6-10-9(14)4-5-19-10;8-4(7(10)11)3-6-5(9)1-2-12-6;/h4-5,8H,6-7H2,1-3H3,(H,16,17);1-2,4H,3H2,(H,10,11);1H3. The topological polar surface area (TPSA) is 136 Å². The highest BCUT2D eigenvalue weighted by molar-refractivity contribution is 7.10. The lowest BCUT2D eigenvalue weighted by Crippen LogP contribution is -2.28. The van der Waals surface area contributed by atoms with Crippen LogP contribution in [0.25, 0.3) is 0 Å². The molecular weight excluding hydrogens is 488 g/mol. The van der Waals surface area contributed by atoms with Crippen molar-refractivity contribution in [1.82, 2.24) is 6.15 Å². The van der Waals surface area contributed by atoms with Gasteiger partial charge in [0.25, 0.3) is 0 Å². The molecule has 2 aromatic rings. The van der Waals surface area contributed by atoms with Gasteiger partial charge in [0.05, 0.1) is 12.3 Å². The number of hydrogen-bond acceptors (Lipinski definition) is 7. The zero-order valence-electron chi connectivity index (χ0n) is 17.8. The number of alkyl halides is 1. The van der Waals surface area contributed by atoms with Gasteiger partial charge >= 0.3 is 17.9 Å². The van der Waals surface area contributed by atoms with E-state index in [2.05, 4.69) is 0 Å². The molecule has 2 unspecified atom stereocenters. The smallest absolute Gasteiger partial charge is 0.321 e. The third kappa shape index (κ3) is 11.0. The van der Waals surface area contributed by atoms with Crippen LogP contribution in [0.3, 0.4) is 0 Å². The minimum atomic E-state index is -1.13. The van der Waals surface area contributed by atoms with E-state index in [9.17, 15) is 23.2 Å². The van der Waals surface area contributed by atoms with Crippen molar-refractivity contribution in [2.75, 3.05) is 0 Å². The summed E-state index contributed by atoms with van der Waals surface area (Å²) < 4.78 is 31.1. The van der Waals surface area contributed by atoms with E-state index in [-0.39, 0.29) is 31.2 Å². The van der Waals surface area contributed by atoms with Crippen LogP contribution >= 0.6 is 34.3 Å². The second-order valence-electron chi connectivity index (χ2n) is 7.42. The summed E-state index contributed by atoms with van der Waals surface area (Å²) >= 11 is 7.74. The van der Waals surface area contributed by atoms with Crippen LogP contribution < -0.4 is 6.15 Å². The summed E-state index contributed by atoms with van der Waals surface area (Å²) in [5.41, 5.74) is -0.658. The molecule has 0 amide bonds. The third-order valence-electron chi connectivity index (χ3n) is 3.63. The molecule has 0 aliphatic carbocycles. The number of ether oxygens (including phenoxy) is 1. The fourth-order valence-corrected chi connectivity index (χ4v) is 4.12. The van der Waals surface area contributed by atoms with Gasteiger partial charge in [0.2, 0.25) is 0 Å². The average Bonchev–Trinajstić information content (AvgIpc) is 3.21. The SMILES string of the molecule is CC(C)(C)OC(=O)CC(Cc1sccc1F)C(=O)O.N.O=C(O)C(Cl)Cc1sccc1F. The second kappa shape index (κ2) is 13.5. The number of carboxylic acids is 2. The Morgan fingerprint density at radius 3 is 1.81 bits per heavy atom. The van der Waals surface area contributed by atoms with Crippen molar-refractivity contribution in [3.05, 3.63) is 44.3 Å². The van der Waals surface area contributed by atoms with Gasteiger partial charge in [-0.2, -0.15) is 0 Å². The Labute approximate surface area is 197 Å². The van der Waals surface area contributed by atoms with Crippen LogP contribution in [0.15, 0.2) is 22.9 Å².